The van der Waals surface area contributed by atoms with Crippen molar-refractivity contribution in [2.45, 2.75) is 26.4 Å². The molecule has 0 radical (unpaired) electrons. The van der Waals surface area contributed by atoms with Crippen LogP contribution in [0.3, 0.4) is 0 Å². The Labute approximate surface area is 157 Å². The standard InChI is InChI=1S/C18H22ClN5O2/c1-11(2)9-20-17-21-15-14(16(25)23(4)18(26)22(15)3)24(17)10-12-5-7-13(19)8-6-12/h5-8,11,14H,9-10H2,1-4H3/p+1. The third kappa shape index (κ3) is 3.31. The van der Waals surface area contributed by atoms with Crippen LogP contribution in [0.15, 0.2) is 29.3 Å². The molecule has 0 saturated carbocycles. The van der Waals surface area contributed by atoms with Gasteiger partial charge >= 0.3 is 12.0 Å². The first-order valence-electron chi connectivity index (χ1n) is 8.55. The molecule has 1 atom stereocenters. The van der Waals surface area contributed by atoms with Gasteiger partial charge in [0, 0.05) is 19.1 Å². The van der Waals surface area contributed by atoms with Crippen molar-refractivity contribution >= 4 is 35.3 Å². The van der Waals surface area contributed by atoms with Gasteiger partial charge in [-0.05, 0) is 23.6 Å². The molecule has 1 unspecified atom stereocenters. The molecule has 26 heavy (non-hydrogen) atoms. The SMILES string of the molecule is CC(C)CNC1=[N+](Cc2ccc(Cl)cc2)C2C(=O)N(C)C(=O)N(C)C2=N1. The Morgan fingerprint density at radius 2 is 1.85 bits per heavy atom. The lowest BCUT2D eigenvalue weighted by Gasteiger charge is -2.31. The van der Waals surface area contributed by atoms with E-state index in [1.54, 1.807) is 7.05 Å². The van der Waals surface area contributed by atoms with Crippen LogP contribution < -0.4 is 5.32 Å². The number of carbonyl (C=O) groups is 2. The van der Waals surface area contributed by atoms with Gasteiger partial charge in [-0.2, -0.15) is 0 Å². The van der Waals surface area contributed by atoms with Crippen LogP contribution in [0.1, 0.15) is 19.4 Å². The molecular formula is C18H23ClN5O2+. The van der Waals surface area contributed by atoms with Crippen LogP contribution in [0.5, 0.6) is 0 Å². The number of carbonyl (C=O) groups excluding carboxylic acids is 2. The molecule has 2 aliphatic heterocycles. The molecule has 3 amide bonds. The highest BCUT2D eigenvalue weighted by Crippen LogP contribution is 2.20. The van der Waals surface area contributed by atoms with Crippen LogP contribution in [-0.2, 0) is 11.3 Å². The van der Waals surface area contributed by atoms with Crippen LogP contribution in [0.4, 0.5) is 4.79 Å². The minimum absolute atomic E-state index is 0.276. The number of guanidine groups is 1. The maximum Gasteiger partial charge on any atom is 0.390 e. The summed E-state index contributed by atoms with van der Waals surface area (Å²) in [4.78, 5) is 32.2. The molecule has 1 aromatic carbocycles. The molecule has 0 aliphatic carbocycles. The molecule has 1 N–H and O–H groups in total. The Hall–Kier alpha value is -2.41. The lowest BCUT2D eigenvalue weighted by molar-refractivity contribution is -0.553. The Kier molecular flexibility index (Phi) is 5.00. The molecular weight excluding hydrogens is 354 g/mol. The number of nitrogens with one attached hydrogen (secondary N) is 1. The number of imide groups is 1. The molecule has 3 rings (SSSR count). The van der Waals surface area contributed by atoms with Crippen molar-refractivity contribution in [3.63, 3.8) is 0 Å². The number of halogens is 1. The number of hydrogen-bond donors (Lipinski definition) is 1. The summed E-state index contributed by atoms with van der Waals surface area (Å²) in [5.74, 6) is 1.21. The van der Waals surface area contributed by atoms with E-state index in [4.69, 9.17) is 11.6 Å². The Morgan fingerprint density at radius 3 is 2.46 bits per heavy atom. The molecule has 8 heteroatoms. The average molecular weight is 377 g/mol. The van der Waals surface area contributed by atoms with Gasteiger partial charge in [-0.15, -0.1) is 0 Å². The molecule has 0 spiro atoms. The maximum atomic E-state index is 12.8. The molecule has 0 aromatic heterocycles. The van der Waals surface area contributed by atoms with Crippen molar-refractivity contribution < 1.29 is 14.2 Å². The molecule has 2 heterocycles. The first kappa shape index (κ1) is 18.4. The largest absolute Gasteiger partial charge is 0.390 e. The highest BCUT2D eigenvalue weighted by Gasteiger charge is 2.51. The van der Waals surface area contributed by atoms with Crippen molar-refractivity contribution in [2.24, 2.45) is 10.9 Å². The second-order valence-corrected chi connectivity index (χ2v) is 7.40. The summed E-state index contributed by atoms with van der Waals surface area (Å²) in [6, 6.07) is 6.49. The van der Waals surface area contributed by atoms with Gasteiger partial charge in [-0.3, -0.25) is 19.9 Å². The number of hydrogen-bond acceptors (Lipinski definition) is 4. The van der Waals surface area contributed by atoms with Crippen molar-refractivity contribution in [2.75, 3.05) is 20.6 Å². The van der Waals surface area contributed by atoms with E-state index in [-0.39, 0.29) is 11.9 Å². The van der Waals surface area contributed by atoms with Gasteiger partial charge < -0.3 is 0 Å². The topological polar surface area (TPSA) is 68.0 Å². The third-order valence-corrected chi connectivity index (χ3v) is 4.72. The van der Waals surface area contributed by atoms with Crippen LogP contribution in [0, 0.1) is 5.92 Å². The minimum atomic E-state index is -0.618. The summed E-state index contributed by atoms with van der Waals surface area (Å²) >= 11 is 5.97. The number of urea groups is 1. The molecule has 2 aliphatic rings. The normalized spacial score (nSPS) is 20.1. The van der Waals surface area contributed by atoms with Gasteiger partial charge in [0.15, 0.2) is 0 Å². The quantitative estimate of drug-likeness (QED) is 0.814. The number of amides is 3. The molecule has 138 valence electrons. The average Bonchev–Trinajstić information content (AvgIpc) is 2.96. The Balaban J connectivity index is 1.98. The summed E-state index contributed by atoms with van der Waals surface area (Å²) in [6.07, 6.45) is 0. The number of amidine groups is 1. The molecule has 0 bridgehead atoms. The molecule has 7 nitrogen and oxygen atoms in total. The zero-order valence-corrected chi connectivity index (χ0v) is 16.1. The highest BCUT2D eigenvalue weighted by molar-refractivity contribution is 6.30. The lowest BCUT2D eigenvalue weighted by atomic mass is 10.1. The van der Waals surface area contributed by atoms with E-state index in [9.17, 15) is 9.59 Å². The maximum absolute atomic E-state index is 12.8. The smallest absolute Gasteiger partial charge is 0.274 e. The predicted octanol–water partition coefficient (Wildman–Crippen LogP) is 1.76. The van der Waals surface area contributed by atoms with Gasteiger partial charge in [0.1, 0.15) is 0 Å². The Bertz CT molecular complexity index is 800. The summed E-state index contributed by atoms with van der Waals surface area (Å²) in [6.45, 7) is 5.40. The van der Waals surface area contributed by atoms with Crippen molar-refractivity contribution in [1.82, 2.24) is 15.1 Å². The van der Waals surface area contributed by atoms with E-state index in [1.807, 2.05) is 28.8 Å². The van der Waals surface area contributed by atoms with Gasteiger partial charge in [-0.1, -0.05) is 42.6 Å². The van der Waals surface area contributed by atoms with Gasteiger partial charge in [0.25, 0.3) is 5.91 Å². The number of nitrogens with zero attached hydrogens (tertiary/aromatic N) is 4. The Morgan fingerprint density at radius 1 is 1.19 bits per heavy atom. The van der Waals surface area contributed by atoms with E-state index in [0.717, 1.165) is 17.0 Å². The van der Waals surface area contributed by atoms with Crippen molar-refractivity contribution in [1.29, 1.82) is 0 Å². The van der Waals surface area contributed by atoms with Gasteiger partial charge in [0.2, 0.25) is 11.9 Å². The number of benzene rings is 1. The second-order valence-electron chi connectivity index (χ2n) is 6.96. The lowest BCUT2D eigenvalue weighted by Crippen LogP contribution is -2.61. The van der Waals surface area contributed by atoms with Gasteiger partial charge in [0.05, 0.1) is 13.1 Å². The van der Waals surface area contributed by atoms with Gasteiger partial charge in [-0.25, -0.2) is 9.37 Å². The van der Waals surface area contributed by atoms with Crippen LogP contribution in [0.25, 0.3) is 0 Å². The third-order valence-electron chi connectivity index (χ3n) is 4.47. The fraction of sp³-hybridized carbons (Fsp3) is 0.444. The van der Waals surface area contributed by atoms with E-state index in [1.165, 1.54) is 11.9 Å². The summed E-state index contributed by atoms with van der Waals surface area (Å²) in [5.41, 5.74) is 1.00. The van der Waals surface area contributed by atoms with Crippen LogP contribution in [0.2, 0.25) is 5.02 Å². The first-order valence-corrected chi connectivity index (χ1v) is 8.93. The molecule has 1 fully saturated rings. The zero-order chi connectivity index (χ0) is 19.0. The highest BCUT2D eigenvalue weighted by atomic mass is 35.5. The number of rotatable bonds is 4. The fourth-order valence-corrected chi connectivity index (χ4v) is 3.11. The first-order chi connectivity index (χ1) is 12.3. The minimum Gasteiger partial charge on any atom is -0.274 e. The summed E-state index contributed by atoms with van der Waals surface area (Å²) in [7, 11) is 3.14. The predicted molar refractivity (Wildman–Crippen MR) is 100 cm³/mol. The number of aliphatic imine (C=N–C) groups is 1. The second kappa shape index (κ2) is 7.07. The zero-order valence-electron chi connectivity index (χ0n) is 15.4. The van der Waals surface area contributed by atoms with Crippen molar-refractivity contribution in [3.8, 4) is 0 Å². The van der Waals surface area contributed by atoms with E-state index < -0.39 is 6.04 Å². The van der Waals surface area contributed by atoms with E-state index >= 15 is 0 Å². The molecule has 1 aromatic rings. The van der Waals surface area contributed by atoms with Crippen molar-refractivity contribution in [3.05, 3.63) is 34.9 Å². The van der Waals surface area contributed by atoms with Crippen LogP contribution >= 0.6 is 11.6 Å². The monoisotopic (exact) mass is 376 g/mol. The van der Waals surface area contributed by atoms with E-state index in [0.29, 0.717) is 29.3 Å². The summed E-state index contributed by atoms with van der Waals surface area (Å²) in [5, 5.41) is 3.97. The summed E-state index contributed by atoms with van der Waals surface area (Å²) < 4.78 is 1.91. The fourth-order valence-electron chi connectivity index (χ4n) is 2.99. The number of likely N-dealkylation sites (N-methyl/N-ethyl adjacent to an activating group) is 2. The van der Waals surface area contributed by atoms with Crippen LogP contribution in [-0.4, -0.2) is 64.8 Å². The number of fused-ring (bicyclic) bond motifs is 1. The molecule has 1 saturated heterocycles. The van der Waals surface area contributed by atoms with E-state index in [2.05, 4.69) is 24.2 Å².